The highest BCUT2D eigenvalue weighted by molar-refractivity contribution is 8.16. The monoisotopic (exact) mass is 308 g/mol. The second kappa shape index (κ2) is 7.41. The molecule has 0 saturated heterocycles. The predicted molar refractivity (Wildman–Crippen MR) is 92.5 cm³/mol. The van der Waals surface area contributed by atoms with Gasteiger partial charge in [0.05, 0.1) is 24.5 Å². The van der Waals surface area contributed by atoms with Crippen molar-refractivity contribution in [2.24, 2.45) is 20.0 Å². The molecule has 2 unspecified atom stereocenters. The quantitative estimate of drug-likeness (QED) is 0.750. The average molecular weight is 308 g/mol. The van der Waals surface area contributed by atoms with Gasteiger partial charge in [-0.2, -0.15) is 0 Å². The highest BCUT2D eigenvalue weighted by atomic mass is 32.2. The van der Waals surface area contributed by atoms with Crippen molar-refractivity contribution >= 4 is 46.0 Å². The molecule has 2 atom stereocenters. The van der Waals surface area contributed by atoms with Crippen LogP contribution in [0.15, 0.2) is 20.0 Å². The van der Waals surface area contributed by atoms with E-state index in [-0.39, 0.29) is 0 Å². The number of aliphatic imine (C=N–C) groups is 4. The van der Waals surface area contributed by atoms with E-state index in [0.717, 1.165) is 47.5 Å². The number of hydrogen-bond donors (Lipinski definition) is 0. The van der Waals surface area contributed by atoms with Gasteiger partial charge in [0.1, 0.15) is 10.1 Å². The van der Waals surface area contributed by atoms with E-state index in [1.165, 1.54) is 12.8 Å². The molecule has 0 radical (unpaired) electrons. The Balaban J connectivity index is 1.61. The lowest BCUT2D eigenvalue weighted by Gasteiger charge is -2.25. The minimum atomic E-state index is 0.330. The number of hydrogen-bond acceptors (Lipinski definition) is 6. The molecule has 1 fully saturated rings. The van der Waals surface area contributed by atoms with Gasteiger partial charge < -0.3 is 0 Å². The number of thioether (sulfide) groups is 2. The van der Waals surface area contributed by atoms with Crippen LogP contribution in [0.2, 0.25) is 0 Å². The van der Waals surface area contributed by atoms with Crippen molar-refractivity contribution in [3.63, 3.8) is 0 Å². The van der Waals surface area contributed by atoms with Gasteiger partial charge in [-0.15, -0.1) is 23.5 Å². The smallest absolute Gasteiger partial charge is 0.108 e. The molecule has 1 saturated carbocycles. The van der Waals surface area contributed by atoms with Crippen molar-refractivity contribution in [2.75, 3.05) is 24.6 Å². The second-order valence-corrected chi connectivity index (χ2v) is 7.34. The minimum Gasteiger partial charge on any atom is -0.285 e. The van der Waals surface area contributed by atoms with Crippen molar-refractivity contribution in [1.29, 1.82) is 0 Å². The summed E-state index contributed by atoms with van der Waals surface area (Å²) in [7, 11) is 0. The normalized spacial score (nSPS) is 31.2. The van der Waals surface area contributed by atoms with Crippen LogP contribution in [0.5, 0.6) is 0 Å². The summed E-state index contributed by atoms with van der Waals surface area (Å²) < 4.78 is 0. The van der Waals surface area contributed by atoms with E-state index in [9.17, 15) is 0 Å². The van der Waals surface area contributed by atoms with Crippen LogP contribution in [0.4, 0.5) is 0 Å². The van der Waals surface area contributed by atoms with Crippen molar-refractivity contribution in [3.8, 4) is 0 Å². The van der Waals surface area contributed by atoms with Gasteiger partial charge >= 0.3 is 0 Å². The molecule has 0 aromatic heterocycles. The van der Waals surface area contributed by atoms with Crippen LogP contribution < -0.4 is 0 Å². The molecule has 0 N–H and O–H groups in total. The van der Waals surface area contributed by atoms with E-state index in [0.29, 0.717) is 12.1 Å². The molecule has 0 spiro atoms. The highest BCUT2D eigenvalue weighted by Gasteiger charge is 2.23. The molecular weight excluding hydrogens is 288 g/mol. The van der Waals surface area contributed by atoms with Gasteiger partial charge in [0, 0.05) is 24.6 Å². The fourth-order valence-corrected chi connectivity index (χ4v) is 4.04. The molecule has 1 aliphatic carbocycles. The summed E-state index contributed by atoms with van der Waals surface area (Å²) in [6.07, 6.45) is 8.77. The topological polar surface area (TPSA) is 49.4 Å². The van der Waals surface area contributed by atoms with Gasteiger partial charge in [-0.1, -0.05) is 12.8 Å². The van der Waals surface area contributed by atoms with E-state index >= 15 is 0 Å². The van der Waals surface area contributed by atoms with Crippen molar-refractivity contribution in [2.45, 2.75) is 37.8 Å². The Labute approximate surface area is 128 Å². The molecule has 4 nitrogen and oxygen atoms in total. The van der Waals surface area contributed by atoms with Gasteiger partial charge in [-0.3, -0.25) is 20.0 Å². The van der Waals surface area contributed by atoms with Crippen LogP contribution in [0.1, 0.15) is 25.7 Å². The maximum Gasteiger partial charge on any atom is 0.108 e. The number of nitrogens with zero attached hydrogens (tertiary/aromatic N) is 4. The average Bonchev–Trinajstić information content (AvgIpc) is 3.17. The lowest BCUT2D eigenvalue weighted by atomic mass is 9.91. The van der Waals surface area contributed by atoms with Gasteiger partial charge in [0.25, 0.3) is 0 Å². The zero-order chi connectivity index (χ0) is 13.6. The van der Waals surface area contributed by atoms with E-state index < -0.39 is 0 Å². The summed E-state index contributed by atoms with van der Waals surface area (Å²) in [5.74, 6) is 2.20. The Bertz CT molecular complexity index is 414. The lowest BCUT2D eigenvalue weighted by molar-refractivity contribution is 0.390. The highest BCUT2D eigenvalue weighted by Crippen LogP contribution is 2.24. The first-order chi connectivity index (χ1) is 9.92. The van der Waals surface area contributed by atoms with Crippen molar-refractivity contribution in [3.05, 3.63) is 0 Å². The Morgan fingerprint density at radius 3 is 1.75 bits per heavy atom. The summed E-state index contributed by atoms with van der Waals surface area (Å²) in [6.45, 7) is 1.88. The molecule has 0 bridgehead atoms. The first kappa shape index (κ1) is 14.3. The summed E-state index contributed by atoms with van der Waals surface area (Å²) in [6, 6.07) is 0.659. The van der Waals surface area contributed by atoms with Gasteiger partial charge in [0.15, 0.2) is 0 Å². The van der Waals surface area contributed by atoms with Crippen LogP contribution in [-0.2, 0) is 0 Å². The Morgan fingerprint density at radius 2 is 1.35 bits per heavy atom. The second-order valence-electron chi connectivity index (χ2n) is 5.11. The summed E-state index contributed by atoms with van der Waals surface area (Å²) in [4.78, 5) is 18.4. The summed E-state index contributed by atoms with van der Waals surface area (Å²) >= 11 is 3.61. The maximum absolute atomic E-state index is 4.75. The minimum absolute atomic E-state index is 0.330. The van der Waals surface area contributed by atoms with Gasteiger partial charge in [-0.05, 0) is 12.8 Å². The largest absolute Gasteiger partial charge is 0.285 e. The Kier molecular flexibility index (Phi) is 5.30. The first-order valence-electron chi connectivity index (χ1n) is 7.33. The lowest BCUT2D eigenvalue weighted by Crippen LogP contribution is -2.27. The molecule has 108 valence electrons. The summed E-state index contributed by atoms with van der Waals surface area (Å²) in [5, 5.41) is 2.18. The zero-order valence-corrected chi connectivity index (χ0v) is 13.2. The molecule has 0 aromatic carbocycles. The van der Waals surface area contributed by atoms with Gasteiger partial charge in [-0.25, -0.2) is 0 Å². The van der Waals surface area contributed by atoms with E-state index in [1.807, 2.05) is 12.4 Å². The van der Waals surface area contributed by atoms with Crippen LogP contribution >= 0.6 is 23.5 Å². The maximum atomic E-state index is 4.75. The van der Waals surface area contributed by atoms with Crippen LogP contribution in [0.3, 0.4) is 0 Å². The molecule has 6 heteroatoms. The predicted octanol–water partition coefficient (Wildman–Crippen LogP) is 2.73. The zero-order valence-electron chi connectivity index (χ0n) is 11.6. The standard InChI is InChI=1S/C14H20N4S2/c1-2-4-12(18-10-14-16-6-8-20-14)11(3-1)17-9-13-15-5-7-19-13/h9-12H,1-8H2. The molecule has 0 aromatic rings. The third-order valence-electron chi connectivity index (χ3n) is 3.66. The molecule has 2 aliphatic heterocycles. The Hall–Kier alpha value is -0.620. The molecule has 3 aliphatic rings. The first-order valence-corrected chi connectivity index (χ1v) is 9.30. The van der Waals surface area contributed by atoms with E-state index in [4.69, 9.17) is 9.98 Å². The molecule has 3 rings (SSSR count). The van der Waals surface area contributed by atoms with Crippen LogP contribution in [0.25, 0.3) is 0 Å². The third kappa shape index (κ3) is 3.95. The van der Waals surface area contributed by atoms with Crippen molar-refractivity contribution < 1.29 is 0 Å². The van der Waals surface area contributed by atoms with E-state index in [2.05, 4.69) is 9.98 Å². The number of rotatable bonds is 4. The Morgan fingerprint density at radius 1 is 0.850 bits per heavy atom. The third-order valence-corrected chi connectivity index (χ3v) is 5.50. The molecule has 2 heterocycles. The fraction of sp³-hybridized carbons (Fsp3) is 0.714. The van der Waals surface area contributed by atoms with Gasteiger partial charge in [0.2, 0.25) is 0 Å². The van der Waals surface area contributed by atoms with E-state index in [1.54, 1.807) is 23.5 Å². The molecule has 0 amide bonds. The summed E-state index contributed by atoms with van der Waals surface area (Å²) in [5.41, 5.74) is 0. The van der Waals surface area contributed by atoms with Crippen molar-refractivity contribution in [1.82, 2.24) is 0 Å². The van der Waals surface area contributed by atoms with Crippen LogP contribution in [-0.4, -0.2) is 59.2 Å². The fourth-order valence-electron chi connectivity index (χ4n) is 2.62. The SMILES string of the molecule is C(=NC1CCCCC1N=CC1=NCCS1)C1=NCCS1. The van der Waals surface area contributed by atoms with Crippen LogP contribution in [0, 0.1) is 0 Å². The molecular formula is C14H20N4S2. The molecule has 20 heavy (non-hydrogen) atoms.